The van der Waals surface area contributed by atoms with Gasteiger partial charge in [-0.25, -0.2) is 9.37 Å². The maximum Gasteiger partial charge on any atom is 0.161 e. The Hall–Kier alpha value is -4.12. The zero-order chi connectivity index (χ0) is 21.7. The molecular formula is C27H20FN3O. The average Bonchev–Trinajstić information content (AvgIpc) is 3.40. The van der Waals surface area contributed by atoms with Gasteiger partial charge in [0, 0.05) is 34.6 Å². The zero-order valence-electron chi connectivity index (χ0n) is 17.5. The van der Waals surface area contributed by atoms with E-state index in [9.17, 15) is 4.39 Å². The lowest BCUT2D eigenvalue weighted by atomic mass is 10.1. The van der Waals surface area contributed by atoms with Crippen LogP contribution in [0.4, 0.5) is 4.39 Å². The fourth-order valence-corrected chi connectivity index (χ4v) is 4.49. The molecular weight excluding hydrogens is 401 g/mol. The van der Waals surface area contributed by atoms with Crippen LogP contribution >= 0.6 is 0 Å². The first-order valence-corrected chi connectivity index (χ1v) is 10.5. The van der Waals surface area contributed by atoms with Crippen LogP contribution in [-0.2, 0) is 6.54 Å². The summed E-state index contributed by atoms with van der Waals surface area (Å²) < 4.78 is 23.2. The van der Waals surface area contributed by atoms with Crippen molar-refractivity contribution >= 4 is 27.5 Å². The maximum absolute atomic E-state index is 13.5. The lowest BCUT2D eigenvalue weighted by molar-refractivity contribution is 0.415. The van der Waals surface area contributed by atoms with Gasteiger partial charge >= 0.3 is 0 Å². The molecule has 0 aliphatic carbocycles. The highest BCUT2D eigenvalue weighted by molar-refractivity contribution is 6.12. The number of aromatic nitrogens is 3. The third kappa shape index (κ3) is 2.86. The second-order valence-electron chi connectivity index (χ2n) is 7.87. The molecule has 0 bridgehead atoms. The van der Waals surface area contributed by atoms with Gasteiger partial charge in [-0.1, -0.05) is 30.3 Å². The Kier molecular flexibility index (Phi) is 4.21. The van der Waals surface area contributed by atoms with Gasteiger partial charge in [0.05, 0.1) is 24.5 Å². The van der Waals surface area contributed by atoms with Gasteiger partial charge in [-0.3, -0.25) is 4.40 Å². The van der Waals surface area contributed by atoms with E-state index in [0.29, 0.717) is 6.54 Å². The van der Waals surface area contributed by atoms with E-state index in [-0.39, 0.29) is 5.82 Å². The molecule has 0 atom stereocenters. The third-order valence-electron chi connectivity index (χ3n) is 6.05. The Bertz CT molecular complexity index is 1580. The van der Waals surface area contributed by atoms with Gasteiger partial charge in [-0.15, -0.1) is 0 Å². The highest BCUT2D eigenvalue weighted by atomic mass is 19.1. The maximum atomic E-state index is 13.5. The quantitative estimate of drug-likeness (QED) is 0.334. The Morgan fingerprint density at radius 2 is 1.66 bits per heavy atom. The summed E-state index contributed by atoms with van der Waals surface area (Å²) in [5.41, 5.74) is 6.22. The van der Waals surface area contributed by atoms with E-state index in [1.807, 2.05) is 48.7 Å². The van der Waals surface area contributed by atoms with Gasteiger partial charge in [0.1, 0.15) is 11.6 Å². The number of methoxy groups -OCH3 is 1. The first-order valence-electron chi connectivity index (χ1n) is 10.5. The smallest absolute Gasteiger partial charge is 0.161 e. The second kappa shape index (κ2) is 7.24. The van der Waals surface area contributed by atoms with Crippen molar-refractivity contribution < 1.29 is 9.13 Å². The first-order chi connectivity index (χ1) is 15.7. The fraction of sp³-hybridized carbons (Fsp3) is 0.0741. The molecule has 0 aliphatic rings. The molecule has 6 aromatic rings. The number of para-hydroxylation sites is 1. The Morgan fingerprint density at radius 1 is 0.875 bits per heavy atom. The highest BCUT2D eigenvalue weighted by Crippen LogP contribution is 2.34. The number of hydrogen-bond donors (Lipinski definition) is 0. The number of ether oxygens (including phenoxy) is 1. The van der Waals surface area contributed by atoms with Crippen LogP contribution in [0.15, 0.2) is 91.3 Å². The molecule has 5 heteroatoms. The first kappa shape index (κ1) is 18.6. The standard InChI is InChI=1S/C27H20FN3O/c1-32-21-12-8-19(9-13-21)25-16-29-27-26-23(14-15-30(25)27)22-4-2-3-5-24(22)31(26)17-18-6-10-20(28)11-7-18/h2-16H,17H2,1H3. The van der Waals surface area contributed by atoms with Crippen molar-refractivity contribution in [2.75, 3.05) is 7.11 Å². The van der Waals surface area contributed by atoms with E-state index in [2.05, 4.69) is 39.4 Å². The molecule has 0 amide bonds. The SMILES string of the molecule is COc1ccc(-c2cnc3c4c(ccn23)c2ccccc2n4Cc2ccc(F)cc2)cc1. The molecule has 0 saturated carbocycles. The van der Waals surface area contributed by atoms with Gasteiger partial charge in [0.15, 0.2) is 5.65 Å². The molecule has 3 aromatic heterocycles. The van der Waals surface area contributed by atoms with E-state index in [1.165, 1.54) is 17.5 Å². The largest absolute Gasteiger partial charge is 0.497 e. The lowest BCUT2D eigenvalue weighted by Crippen LogP contribution is -2.01. The number of rotatable bonds is 4. The van der Waals surface area contributed by atoms with Crippen LogP contribution in [0.3, 0.4) is 0 Å². The van der Waals surface area contributed by atoms with Crippen LogP contribution in [0, 0.1) is 5.82 Å². The number of hydrogen-bond acceptors (Lipinski definition) is 2. The molecule has 32 heavy (non-hydrogen) atoms. The number of halogens is 1. The van der Waals surface area contributed by atoms with E-state index in [0.717, 1.165) is 44.6 Å². The summed E-state index contributed by atoms with van der Waals surface area (Å²) in [7, 11) is 1.67. The van der Waals surface area contributed by atoms with Crippen LogP contribution in [-0.4, -0.2) is 21.1 Å². The number of benzene rings is 3. The molecule has 0 unspecified atom stereocenters. The van der Waals surface area contributed by atoms with Crippen molar-refractivity contribution in [3.8, 4) is 17.0 Å². The molecule has 0 aliphatic heterocycles. The van der Waals surface area contributed by atoms with E-state index >= 15 is 0 Å². The third-order valence-corrected chi connectivity index (χ3v) is 6.05. The fourth-order valence-electron chi connectivity index (χ4n) is 4.49. The van der Waals surface area contributed by atoms with Crippen molar-refractivity contribution in [1.29, 1.82) is 0 Å². The molecule has 0 saturated heterocycles. The molecule has 4 nitrogen and oxygen atoms in total. The van der Waals surface area contributed by atoms with Gasteiger partial charge in [-0.2, -0.15) is 0 Å². The minimum absolute atomic E-state index is 0.226. The van der Waals surface area contributed by atoms with Crippen LogP contribution < -0.4 is 4.74 Å². The van der Waals surface area contributed by atoms with Gasteiger partial charge in [-0.05, 0) is 54.1 Å². The van der Waals surface area contributed by atoms with E-state index in [1.54, 1.807) is 7.11 Å². The Labute approximate surface area is 184 Å². The minimum Gasteiger partial charge on any atom is -0.497 e. The summed E-state index contributed by atoms with van der Waals surface area (Å²) in [5.74, 6) is 0.597. The minimum atomic E-state index is -0.226. The number of pyridine rings is 1. The summed E-state index contributed by atoms with van der Waals surface area (Å²) in [5, 5.41) is 2.34. The summed E-state index contributed by atoms with van der Waals surface area (Å²) in [6.07, 6.45) is 4.00. The van der Waals surface area contributed by atoms with Crippen molar-refractivity contribution in [2.24, 2.45) is 0 Å². The number of nitrogens with zero attached hydrogens (tertiary/aromatic N) is 3. The van der Waals surface area contributed by atoms with Gasteiger partial charge in [0.25, 0.3) is 0 Å². The Morgan fingerprint density at radius 3 is 2.44 bits per heavy atom. The normalized spacial score (nSPS) is 11.6. The summed E-state index contributed by atoms with van der Waals surface area (Å²) in [4.78, 5) is 4.83. The van der Waals surface area contributed by atoms with Crippen LogP contribution in [0.25, 0.3) is 38.7 Å². The highest BCUT2D eigenvalue weighted by Gasteiger charge is 2.17. The van der Waals surface area contributed by atoms with Crippen LogP contribution in [0.1, 0.15) is 5.56 Å². The molecule has 0 fully saturated rings. The molecule has 0 N–H and O–H groups in total. The van der Waals surface area contributed by atoms with Gasteiger partial charge in [0.2, 0.25) is 0 Å². The van der Waals surface area contributed by atoms with Gasteiger partial charge < -0.3 is 9.30 Å². The molecule has 6 rings (SSSR count). The molecule has 0 spiro atoms. The molecule has 0 radical (unpaired) electrons. The second-order valence-corrected chi connectivity index (χ2v) is 7.87. The van der Waals surface area contributed by atoms with E-state index in [4.69, 9.17) is 9.72 Å². The topological polar surface area (TPSA) is 31.5 Å². The summed E-state index contributed by atoms with van der Waals surface area (Å²) in [6, 6.07) is 25.2. The zero-order valence-corrected chi connectivity index (χ0v) is 17.5. The summed E-state index contributed by atoms with van der Waals surface area (Å²) in [6.45, 7) is 0.634. The van der Waals surface area contributed by atoms with Crippen molar-refractivity contribution in [3.63, 3.8) is 0 Å². The van der Waals surface area contributed by atoms with Crippen molar-refractivity contribution in [3.05, 3.63) is 103 Å². The van der Waals surface area contributed by atoms with E-state index < -0.39 is 0 Å². The predicted octanol–water partition coefficient (Wildman–Crippen LogP) is 6.31. The number of fused-ring (bicyclic) bond motifs is 5. The van der Waals surface area contributed by atoms with Crippen LogP contribution in [0.2, 0.25) is 0 Å². The summed E-state index contributed by atoms with van der Waals surface area (Å²) >= 11 is 0. The molecule has 3 heterocycles. The number of imidazole rings is 1. The predicted molar refractivity (Wildman–Crippen MR) is 126 cm³/mol. The monoisotopic (exact) mass is 421 g/mol. The lowest BCUT2D eigenvalue weighted by Gasteiger charge is -2.09. The average molecular weight is 421 g/mol. The Balaban J connectivity index is 1.60. The van der Waals surface area contributed by atoms with Crippen LogP contribution in [0.5, 0.6) is 5.75 Å². The molecule has 156 valence electrons. The molecule has 3 aromatic carbocycles. The van der Waals surface area contributed by atoms with Crippen molar-refractivity contribution in [2.45, 2.75) is 6.54 Å². The van der Waals surface area contributed by atoms with Crippen molar-refractivity contribution in [1.82, 2.24) is 14.0 Å².